The van der Waals surface area contributed by atoms with Gasteiger partial charge in [0.25, 0.3) is 0 Å². The van der Waals surface area contributed by atoms with Crippen LogP contribution in [-0.2, 0) is 22.4 Å². The molecule has 0 saturated heterocycles. The molecule has 6 nitrogen and oxygen atoms in total. The van der Waals surface area contributed by atoms with Crippen molar-refractivity contribution in [1.82, 2.24) is 15.6 Å². The molecule has 1 aromatic rings. The van der Waals surface area contributed by atoms with Crippen LogP contribution in [-0.4, -0.2) is 41.1 Å². The third-order valence-corrected chi connectivity index (χ3v) is 8.05. The maximum atomic E-state index is 12.6. The molecular weight excluding hydrogens is 374 g/mol. The number of carboxylic acids is 1. The molecule has 154 valence electrons. The number of hydrogen-bond acceptors (Lipinski definition) is 5. The van der Waals surface area contributed by atoms with E-state index in [1.807, 2.05) is 11.3 Å². The third kappa shape index (κ3) is 4.57. The number of aliphatic carboxylic acids is 1. The van der Waals surface area contributed by atoms with Gasteiger partial charge in [-0.25, -0.2) is 4.98 Å². The van der Waals surface area contributed by atoms with Crippen LogP contribution in [0.1, 0.15) is 72.9 Å². The zero-order valence-corrected chi connectivity index (χ0v) is 17.2. The summed E-state index contributed by atoms with van der Waals surface area (Å²) in [5.74, 6) is -0.294. The van der Waals surface area contributed by atoms with Gasteiger partial charge in [-0.1, -0.05) is 0 Å². The molecule has 0 aromatic carbocycles. The fourth-order valence-corrected chi connectivity index (χ4v) is 6.19. The number of carboxylic acid groups (broad SMARTS) is 1. The molecule has 2 saturated carbocycles. The smallest absolute Gasteiger partial charge is 0.306 e. The molecular formula is C21H31N3O3S. The van der Waals surface area contributed by atoms with Crippen molar-refractivity contribution >= 4 is 23.2 Å². The molecule has 0 radical (unpaired) electrons. The van der Waals surface area contributed by atoms with E-state index in [-0.39, 0.29) is 23.8 Å². The molecule has 1 amide bonds. The van der Waals surface area contributed by atoms with Gasteiger partial charge in [0.2, 0.25) is 5.91 Å². The van der Waals surface area contributed by atoms with Crippen LogP contribution in [0.2, 0.25) is 0 Å². The first-order valence-electron chi connectivity index (χ1n) is 10.8. The number of thiazole rings is 1. The number of hydrogen-bond donors (Lipinski definition) is 3. The zero-order chi connectivity index (χ0) is 19.5. The van der Waals surface area contributed by atoms with Crippen molar-refractivity contribution in [1.29, 1.82) is 0 Å². The van der Waals surface area contributed by atoms with E-state index in [0.717, 1.165) is 51.6 Å². The summed E-state index contributed by atoms with van der Waals surface area (Å²) in [6.45, 7) is 2.09. The monoisotopic (exact) mass is 405 g/mol. The SMILES string of the molecule is O=C(O)C1CCC(C(=O)NC2CCC(c3nc4c(s3)CCNCC4)CC2)CC1. The lowest BCUT2D eigenvalue weighted by Gasteiger charge is -2.31. The van der Waals surface area contributed by atoms with E-state index < -0.39 is 5.97 Å². The Hall–Kier alpha value is -1.47. The van der Waals surface area contributed by atoms with Crippen LogP contribution < -0.4 is 10.6 Å². The van der Waals surface area contributed by atoms with Gasteiger partial charge in [-0.15, -0.1) is 11.3 Å². The molecule has 2 aliphatic carbocycles. The first kappa shape index (κ1) is 19.8. The molecule has 0 atom stereocenters. The molecule has 1 aromatic heterocycles. The van der Waals surface area contributed by atoms with Gasteiger partial charge in [-0.05, 0) is 57.8 Å². The lowest BCUT2D eigenvalue weighted by atomic mass is 9.81. The minimum Gasteiger partial charge on any atom is -0.481 e. The Kier molecular flexibility index (Phi) is 6.31. The van der Waals surface area contributed by atoms with Crippen molar-refractivity contribution in [3.63, 3.8) is 0 Å². The molecule has 3 N–H and O–H groups in total. The highest BCUT2D eigenvalue weighted by Gasteiger charge is 2.32. The number of aromatic nitrogens is 1. The van der Waals surface area contributed by atoms with E-state index in [0.29, 0.717) is 31.6 Å². The Bertz CT molecular complexity index is 680. The molecule has 4 rings (SSSR count). The quantitative estimate of drug-likeness (QED) is 0.716. The summed E-state index contributed by atoms with van der Waals surface area (Å²) in [7, 11) is 0. The molecule has 3 aliphatic rings. The van der Waals surface area contributed by atoms with Crippen molar-refractivity contribution in [2.24, 2.45) is 11.8 Å². The van der Waals surface area contributed by atoms with E-state index in [2.05, 4.69) is 10.6 Å². The van der Waals surface area contributed by atoms with Crippen LogP contribution in [0.3, 0.4) is 0 Å². The number of fused-ring (bicyclic) bond motifs is 1. The lowest BCUT2D eigenvalue weighted by Crippen LogP contribution is -2.42. The van der Waals surface area contributed by atoms with Gasteiger partial charge < -0.3 is 15.7 Å². The maximum Gasteiger partial charge on any atom is 0.306 e. The molecule has 0 unspecified atom stereocenters. The first-order valence-corrected chi connectivity index (χ1v) is 11.6. The Labute approximate surface area is 170 Å². The highest BCUT2D eigenvalue weighted by Crippen LogP contribution is 2.37. The minimum atomic E-state index is -0.715. The average Bonchev–Trinajstić information content (AvgIpc) is 2.99. The summed E-state index contributed by atoms with van der Waals surface area (Å²) in [5, 5.41) is 17.1. The number of rotatable bonds is 4. The summed E-state index contributed by atoms with van der Waals surface area (Å²) in [5.41, 5.74) is 1.30. The van der Waals surface area contributed by atoms with E-state index in [9.17, 15) is 9.59 Å². The summed E-state index contributed by atoms with van der Waals surface area (Å²) < 4.78 is 0. The first-order chi connectivity index (χ1) is 13.6. The molecule has 0 spiro atoms. The van der Waals surface area contributed by atoms with Crippen molar-refractivity contribution in [2.75, 3.05) is 13.1 Å². The molecule has 2 fully saturated rings. The largest absolute Gasteiger partial charge is 0.481 e. The van der Waals surface area contributed by atoms with E-state index in [4.69, 9.17) is 10.1 Å². The Balaban J connectivity index is 1.24. The van der Waals surface area contributed by atoms with Crippen LogP contribution in [0.4, 0.5) is 0 Å². The fraction of sp³-hybridized carbons (Fsp3) is 0.762. The Morgan fingerprint density at radius 2 is 1.64 bits per heavy atom. The van der Waals surface area contributed by atoms with Crippen LogP contribution in [0, 0.1) is 11.8 Å². The molecule has 1 aliphatic heterocycles. The van der Waals surface area contributed by atoms with Crippen LogP contribution in [0.5, 0.6) is 0 Å². The van der Waals surface area contributed by atoms with Gasteiger partial charge in [0, 0.05) is 42.3 Å². The summed E-state index contributed by atoms with van der Waals surface area (Å²) in [4.78, 5) is 30.1. The molecule has 7 heteroatoms. The van der Waals surface area contributed by atoms with E-state index >= 15 is 0 Å². The van der Waals surface area contributed by atoms with Gasteiger partial charge in [0.05, 0.1) is 16.6 Å². The fourth-order valence-electron chi connectivity index (χ4n) is 4.91. The number of carbonyl (C=O) groups is 2. The second-order valence-electron chi connectivity index (χ2n) is 8.62. The van der Waals surface area contributed by atoms with Crippen molar-refractivity contribution < 1.29 is 14.7 Å². The molecule has 0 bridgehead atoms. The minimum absolute atomic E-state index is 0.00319. The van der Waals surface area contributed by atoms with Crippen LogP contribution >= 0.6 is 11.3 Å². The van der Waals surface area contributed by atoms with Crippen molar-refractivity contribution in [3.8, 4) is 0 Å². The second kappa shape index (κ2) is 8.91. The van der Waals surface area contributed by atoms with E-state index in [1.165, 1.54) is 15.6 Å². The second-order valence-corrected chi connectivity index (χ2v) is 9.73. The van der Waals surface area contributed by atoms with Crippen LogP contribution in [0.25, 0.3) is 0 Å². The molecule has 28 heavy (non-hydrogen) atoms. The summed E-state index contributed by atoms with van der Waals surface area (Å²) in [6.07, 6.45) is 9.05. The number of nitrogens with zero attached hydrogens (tertiary/aromatic N) is 1. The van der Waals surface area contributed by atoms with Gasteiger partial charge in [0.15, 0.2) is 0 Å². The molecule has 2 heterocycles. The maximum absolute atomic E-state index is 12.6. The van der Waals surface area contributed by atoms with Crippen LogP contribution in [0.15, 0.2) is 0 Å². The van der Waals surface area contributed by atoms with Gasteiger partial charge in [-0.2, -0.15) is 0 Å². The predicted octanol–water partition coefficient (Wildman–Crippen LogP) is 2.86. The summed E-state index contributed by atoms with van der Waals surface area (Å²) in [6, 6.07) is 0.267. The van der Waals surface area contributed by atoms with Crippen molar-refractivity contribution in [2.45, 2.75) is 76.2 Å². The topological polar surface area (TPSA) is 91.3 Å². The van der Waals surface area contributed by atoms with E-state index in [1.54, 1.807) is 0 Å². The number of carbonyl (C=O) groups excluding carboxylic acids is 1. The average molecular weight is 406 g/mol. The van der Waals surface area contributed by atoms with Gasteiger partial charge in [0.1, 0.15) is 0 Å². The van der Waals surface area contributed by atoms with Gasteiger partial charge >= 0.3 is 5.97 Å². The number of nitrogens with one attached hydrogen (secondary N) is 2. The summed E-state index contributed by atoms with van der Waals surface area (Å²) >= 11 is 1.91. The third-order valence-electron chi connectivity index (χ3n) is 6.73. The highest BCUT2D eigenvalue weighted by molar-refractivity contribution is 7.11. The normalized spacial score (nSPS) is 30.9. The lowest BCUT2D eigenvalue weighted by molar-refractivity contribution is -0.144. The number of amides is 1. The standard InChI is InChI=1S/C21H31N3O3S/c25-19(13-1-3-15(4-2-13)21(26)27)23-16-7-5-14(6-8-16)20-24-17-9-11-22-12-10-18(17)28-20/h13-16,22H,1-12H2,(H,23,25)(H,26,27). The van der Waals surface area contributed by atoms with Crippen molar-refractivity contribution in [3.05, 3.63) is 15.6 Å². The predicted molar refractivity (Wildman–Crippen MR) is 109 cm³/mol. The highest BCUT2D eigenvalue weighted by atomic mass is 32.1. The zero-order valence-electron chi connectivity index (χ0n) is 16.4. The van der Waals surface area contributed by atoms with Gasteiger partial charge in [-0.3, -0.25) is 9.59 Å². The Morgan fingerprint density at radius 3 is 2.36 bits per heavy atom. The Morgan fingerprint density at radius 1 is 0.964 bits per heavy atom.